The summed E-state index contributed by atoms with van der Waals surface area (Å²) in [7, 11) is 0. The van der Waals surface area contributed by atoms with Crippen molar-refractivity contribution in [2.45, 2.75) is 22.3 Å². The molecular formula is C14H10S3. The van der Waals surface area contributed by atoms with E-state index in [-0.39, 0.29) is 0 Å². The molecule has 0 amide bonds. The first-order chi connectivity index (χ1) is 8.35. The van der Waals surface area contributed by atoms with Crippen molar-refractivity contribution >= 4 is 34.4 Å². The van der Waals surface area contributed by atoms with Gasteiger partial charge in [0.1, 0.15) is 0 Å². The van der Waals surface area contributed by atoms with E-state index in [1.165, 1.54) is 8.42 Å². The maximum Gasteiger partial charge on any atom is 0.0811 e. The monoisotopic (exact) mass is 274 g/mol. The molecule has 0 spiro atoms. The maximum atomic E-state index is 3.13. The summed E-state index contributed by atoms with van der Waals surface area (Å²) in [6, 6.07) is 4.14. The molecule has 0 unspecified atom stereocenters. The average Bonchev–Trinajstić information content (AvgIpc) is 2.92. The zero-order valence-corrected chi connectivity index (χ0v) is 12.0. The zero-order valence-electron chi connectivity index (χ0n) is 9.53. The van der Waals surface area contributed by atoms with Crippen molar-refractivity contribution < 1.29 is 0 Å². The Hall–Kier alpha value is -1.13. The van der Waals surface area contributed by atoms with Gasteiger partial charge in [-0.15, -0.1) is 34.5 Å². The second-order valence-corrected chi connectivity index (χ2v) is 6.47. The van der Waals surface area contributed by atoms with Gasteiger partial charge in [0.25, 0.3) is 0 Å². The van der Waals surface area contributed by atoms with Crippen LogP contribution in [0.1, 0.15) is 25.0 Å². The molecule has 3 heteroatoms. The smallest absolute Gasteiger partial charge is 0.0811 e. The van der Waals surface area contributed by atoms with Gasteiger partial charge in [-0.3, -0.25) is 0 Å². The van der Waals surface area contributed by atoms with E-state index in [1.54, 1.807) is 34.4 Å². The number of thiophene rings is 2. The minimum absolute atomic E-state index is 1.12. The fourth-order valence-electron chi connectivity index (χ4n) is 1.29. The molecule has 0 aliphatic heterocycles. The molecule has 0 aliphatic rings. The van der Waals surface area contributed by atoms with E-state index in [1.807, 2.05) is 13.8 Å². The molecule has 0 atom stereocenters. The van der Waals surface area contributed by atoms with Crippen LogP contribution in [0.25, 0.3) is 0 Å². The summed E-state index contributed by atoms with van der Waals surface area (Å²) in [5.74, 6) is 12.2. The maximum absolute atomic E-state index is 3.13. The predicted molar refractivity (Wildman–Crippen MR) is 77.9 cm³/mol. The van der Waals surface area contributed by atoms with Crippen LogP contribution in [0.3, 0.4) is 0 Å². The van der Waals surface area contributed by atoms with E-state index < -0.39 is 0 Å². The second-order valence-electron chi connectivity index (χ2n) is 3.10. The topological polar surface area (TPSA) is 0 Å². The van der Waals surface area contributed by atoms with Gasteiger partial charge in [0, 0.05) is 11.1 Å². The van der Waals surface area contributed by atoms with Crippen molar-refractivity contribution in [2.75, 3.05) is 0 Å². The fraction of sp³-hybridized carbons (Fsp3) is 0.143. The van der Waals surface area contributed by atoms with Crippen molar-refractivity contribution in [2.24, 2.45) is 0 Å². The highest BCUT2D eigenvalue weighted by Crippen LogP contribution is 2.38. The fourth-order valence-corrected chi connectivity index (χ4v) is 4.44. The molecule has 2 heterocycles. The highest BCUT2D eigenvalue weighted by atomic mass is 32.2. The highest BCUT2D eigenvalue weighted by molar-refractivity contribution is 8.03. The Labute approximate surface area is 114 Å². The van der Waals surface area contributed by atoms with Gasteiger partial charge in [-0.05, 0) is 36.7 Å². The van der Waals surface area contributed by atoms with Gasteiger partial charge in [-0.2, -0.15) is 0 Å². The lowest BCUT2D eigenvalue weighted by Gasteiger charge is -1.97. The minimum Gasteiger partial charge on any atom is -0.136 e. The van der Waals surface area contributed by atoms with Crippen LogP contribution in [0.2, 0.25) is 0 Å². The van der Waals surface area contributed by atoms with Gasteiger partial charge < -0.3 is 0 Å². The molecule has 0 aliphatic carbocycles. The minimum atomic E-state index is 1.12. The van der Waals surface area contributed by atoms with Crippen LogP contribution in [-0.2, 0) is 0 Å². The second kappa shape index (κ2) is 5.98. The molecule has 0 bridgehead atoms. The van der Waals surface area contributed by atoms with Gasteiger partial charge in [0.2, 0.25) is 0 Å². The summed E-state index contributed by atoms with van der Waals surface area (Å²) in [6.07, 6.45) is 0. The summed E-state index contributed by atoms with van der Waals surface area (Å²) < 4.78 is 2.50. The average molecular weight is 274 g/mol. The summed E-state index contributed by atoms with van der Waals surface area (Å²) >= 11 is 5.23. The van der Waals surface area contributed by atoms with Crippen LogP contribution in [0.5, 0.6) is 0 Å². The van der Waals surface area contributed by atoms with E-state index in [0.29, 0.717) is 0 Å². The Morgan fingerprint density at radius 2 is 1.35 bits per heavy atom. The van der Waals surface area contributed by atoms with Crippen molar-refractivity contribution in [3.8, 4) is 23.7 Å². The third-order valence-electron chi connectivity index (χ3n) is 1.96. The summed E-state index contributed by atoms with van der Waals surface area (Å²) in [5, 5.41) is 4.17. The summed E-state index contributed by atoms with van der Waals surface area (Å²) in [4.78, 5) is 0. The number of hydrogen-bond donors (Lipinski definition) is 0. The van der Waals surface area contributed by atoms with Crippen LogP contribution in [-0.4, -0.2) is 0 Å². The molecular weight excluding hydrogens is 264 g/mol. The highest BCUT2D eigenvalue weighted by Gasteiger charge is 2.08. The van der Waals surface area contributed by atoms with Gasteiger partial charge in [0.05, 0.1) is 8.42 Å². The third-order valence-corrected chi connectivity index (χ3v) is 5.26. The number of rotatable bonds is 2. The summed E-state index contributed by atoms with van der Waals surface area (Å²) in [5.41, 5.74) is 2.23. The third kappa shape index (κ3) is 2.96. The standard InChI is InChI=1S/C14H10S3/c1-3-5-11-7-9-15-13(11)17-14-12(6-4-2)8-10-16-14/h7-10H,1-2H3. The lowest BCUT2D eigenvalue weighted by atomic mass is 10.3. The van der Waals surface area contributed by atoms with Crippen molar-refractivity contribution in [3.63, 3.8) is 0 Å². The van der Waals surface area contributed by atoms with Crippen molar-refractivity contribution in [1.82, 2.24) is 0 Å². The normalized spacial score (nSPS) is 9.06. The Balaban J connectivity index is 2.29. The van der Waals surface area contributed by atoms with Gasteiger partial charge in [-0.25, -0.2) is 0 Å². The largest absolute Gasteiger partial charge is 0.136 e. The molecule has 0 saturated carbocycles. The molecule has 2 aromatic rings. The Kier molecular flexibility index (Phi) is 4.34. The van der Waals surface area contributed by atoms with Crippen molar-refractivity contribution in [3.05, 3.63) is 34.0 Å². The molecule has 17 heavy (non-hydrogen) atoms. The lowest BCUT2D eigenvalue weighted by Crippen LogP contribution is -1.73. The Bertz CT molecular complexity index is 567. The van der Waals surface area contributed by atoms with Crippen molar-refractivity contribution in [1.29, 1.82) is 0 Å². The van der Waals surface area contributed by atoms with Crippen LogP contribution < -0.4 is 0 Å². The molecule has 2 rings (SSSR count). The van der Waals surface area contributed by atoms with Gasteiger partial charge in [-0.1, -0.05) is 23.6 Å². The molecule has 0 saturated heterocycles. The number of hydrogen-bond acceptors (Lipinski definition) is 3. The van der Waals surface area contributed by atoms with Crippen LogP contribution >= 0.6 is 34.4 Å². The summed E-state index contributed by atoms with van der Waals surface area (Å²) in [6.45, 7) is 3.73. The first kappa shape index (κ1) is 12.3. The molecule has 0 fully saturated rings. The molecule has 84 valence electrons. The van der Waals surface area contributed by atoms with Crippen LogP contribution in [0.4, 0.5) is 0 Å². The molecule has 0 aromatic carbocycles. The first-order valence-electron chi connectivity index (χ1n) is 5.03. The molecule has 0 nitrogen and oxygen atoms in total. The molecule has 0 radical (unpaired) electrons. The van der Waals surface area contributed by atoms with E-state index in [9.17, 15) is 0 Å². The van der Waals surface area contributed by atoms with Gasteiger partial charge in [0.15, 0.2) is 0 Å². The molecule has 2 aromatic heterocycles. The predicted octanol–water partition coefficient (Wildman–Crippen LogP) is 4.70. The lowest BCUT2D eigenvalue weighted by molar-refractivity contribution is 1.57. The SMILES string of the molecule is CC#Cc1ccsc1Sc1sccc1C#CC. The van der Waals surface area contributed by atoms with E-state index in [0.717, 1.165) is 11.1 Å². The van der Waals surface area contributed by atoms with Crippen LogP contribution in [0, 0.1) is 23.7 Å². The van der Waals surface area contributed by atoms with Gasteiger partial charge >= 0.3 is 0 Å². The molecule has 0 N–H and O–H groups in total. The first-order valence-corrected chi connectivity index (χ1v) is 7.61. The quantitative estimate of drug-likeness (QED) is 0.715. The zero-order chi connectivity index (χ0) is 12.1. The Morgan fingerprint density at radius 1 is 0.882 bits per heavy atom. The van der Waals surface area contributed by atoms with Crippen LogP contribution in [0.15, 0.2) is 31.3 Å². The van der Waals surface area contributed by atoms with E-state index in [2.05, 4.69) is 46.6 Å². The Morgan fingerprint density at radius 3 is 1.76 bits per heavy atom. The van der Waals surface area contributed by atoms with E-state index >= 15 is 0 Å². The van der Waals surface area contributed by atoms with E-state index in [4.69, 9.17) is 0 Å².